The number of anilines is 1. The number of aliphatic hydroxyl groups excluding tert-OH is 1. The normalized spacial score (nSPS) is 18.1. The third kappa shape index (κ3) is 6.63. The summed E-state index contributed by atoms with van der Waals surface area (Å²) in [5, 5.41) is 15.5. The van der Waals surface area contributed by atoms with Gasteiger partial charge in [-0.2, -0.15) is 4.98 Å². The van der Waals surface area contributed by atoms with Crippen LogP contribution in [0.3, 0.4) is 0 Å². The zero-order valence-corrected chi connectivity index (χ0v) is 21.6. The number of ether oxygens (including phenoxy) is 1. The maximum absolute atomic E-state index is 12.2. The Labute approximate surface area is 212 Å². The fraction of sp³-hybridized carbons (Fsp3) is 0.630. The summed E-state index contributed by atoms with van der Waals surface area (Å²) >= 11 is 0. The zero-order valence-electron chi connectivity index (χ0n) is 21.6. The zero-order chi connectivity index (χ0) is 25.7. The van der Waals surface area contributed by atoms with Gasteiger partial charge in [0.05, 0.1) is 13.2 Å². The molecule has 1 saturated carbocycles. The van der Waals surface area contributed by atoms with E-state index in [1.807, 2.05) is 13.0 Å². The van der Waals surface area contributed by atoms with Crippen molar-refractivity contribution in [3.8, 4) is 5.75 Å². The number of carbonyl (C=O) groups excluding carboxylic acids is 2. The van der Waals surface area contributed by atoms with Crippen LogP contribution in [0.1, 0.15) is 80.1 Å². The number of ketones is 1. The number of nitrogens with zero attached hydrogens (tertiary/aromatic N) is 3. The molecule has 1 aromatic heterocycles. The van der Waals surface area contributed by atoms with E-state index in [0.717, 1.165) is 74.8 Å². The van der Waals surface area contributed by atoms with Crippen LogP contribution in [0.5, 0.6) is 5.75 Å². The Balaban J connectivity index is 1.14. The fourth-order valence-corrected chi connectivity index (χ4v) is 5.26. The number of rotatable bonds is 11. The van der Waals surface area contributed by atoms with Crippen molar-refractivity contribution in [3.05, 3.63) is 35.2 Å². The van der Waals surface area contributed by atoms with Crippen molar-refractivity contribution in [2.24, 2.45) is 11.3 Å². The molecule has 0 spiro atoms. The van der Waals surface area contributed by atoms with Crippen LogP contribution in [-0.4, -0.2) is 59.8 Å². The van der Waals surface area contributed by atoms with Gasteiger partial charge in [-0.15, -0.1) is 0 Å². The van der Waals surface area contributed by atoms with Crippen LogP contribution >= 0.6 is 0 Å². The number of Topliss-reactive ketones (excluding diaryl/α,β-unsaturated/α-hetero) is 1. The van der Waals surface area contributed by atoms with E-state index in [-0.39, 0.29) is 12.5 Å². The minimum absolute atomic E-state index is 0.180. The maximum Gasteiger partial charge on any atom is 0.266 e. The van der Waals surface area contributed by atoms with Gasteiger partial charge in [-0.05, 0) is 85.7 Å². The Bertz CT molecular complexity index is 1050. The first kappa shape index (κ1) is 26.1. The molecule has 2 aliphatic rings. The summed E-state index contributed by atoms with van der Waals surface area (Å²) in [5.41, 5.74) is 1.66. The second-order valence-electron chi connectivity index (χ2n) is 11.0. The molecule has 2 heterocycles. The van der Waals surface area contributed by atoms with Gasteiger partial charge in [-0.1, -0.05) is 13.8 Å². The van der Waals surface area contributed by atoms with Crippen LogP contribution in [0.2, 0.25) is 0 Å². The molecule has 2 aromatic rings. The molecule has 1 aromatic carbocycles. The van der Waals surface area contributed by atoms with Crippen LogP contribution in [-0.2, 0) is 4.79 Å². The van der Waals surface area contributed by atoms with Gasteiger partial charge in [0.2, 0.25) is 5.89 Å². The summed E-state index contributed by atoms with van der Waals surface area (Å²) in [6.07, 6.45) is 6.54. The number of piperidine rings is 1. The smallest absolute Gasteiger partial charge is 0.266 e. The molecule has 1 aliphatic heterocycles. The second kappa shape index (κ2) is 11.4. The van der Waals surface area contributed by atoms with Gasteiger partial charge in [-0.3, -0.25) is 9.59 Å². The Kier molecular flexibility index (Phi) is 8.28. The molecule has 0 radical (unpaired) electrons. The first-order chi connectivity index (χ1) is 17.2. The first-order valence-corrected chi connectivity index (χ1v) is 13.0. The van der Waals surface area contributed by atoms with Crippen molar-refractivity contribution in [2.45, 2.75) is 65.2 Å². The van der Waals surface area contributed by atoms with E-state index in [9.17, 15) is 9.59 Å². The van der Waals surface area contributed by atoms with Crippen molar-refractivity contribution < 1.29 is 24.0 Å². The van der Waals surface area contributed by atoms with Gasteiger partial charge in [0.25, 0.3) is 11.9 Å². The topological polar surface area (TPSA) is 118 Å². The molecule has 196 valence electrons. The highest BCUT2D eigenvalue weighted by atomic mass is 16.5. The molecule has 0 unspecified atom stereocenters. The third-order valence-corrected chi connectivity index (χ3v) is 7.37. The minimum atomic E-state index is -0.579. The molecule has 1 saturated heterocycles. The summed E-state index contributed by atoms with van der Waals surface area (Å²) in [6.45, 7) is 8.17. The molecule has 36 heavy (non-hydrogen) atoms. The first-order valence-electron chi connectivity index (χ1n) is 13.0. The summed E-state index contributed by atoms with van der Waals surface area (Å²) in [7, 11) is 0. The maximum atomic E-state index is 12.2. The number of nitrogens with one attached hydrogen (secondary N) is 1. The highest BCUT2D eigenvalue weighted by Gasteiger charge is 2.40. The Hall–Kier alpha value is -2.94. The van der Waals surface area contributed by atoms with E-state index in [2.05, 4.69) is 34.2 Å². The molecule has 1 amide bonds. The Morgan fingerprint density at radius 3 is 2.67 bits per heavy atom. The molecule has 4 rings (SSSR count). The van der Waals surface area contributed by atoms with Gasteiger partial charge in [0.1, 0.15) is 12.4 Å². The molecule has 0 bridgehead atoms. The molecule has 2 N–H and O–H groups in total. The second-order valence-corrected chi connectivity index (χ2v) is 11.0. The van der Waals surface area contributed by atoms with Gasteiger partial charge in [0.15, 0.2) is 5.78 Å². The van der Waals surface area contributed by atoms with Gasteiger partial charge >= 0.3 is 0 Å². The molecule has 2 fully saturated rings. The van der Waals surface area contributed by atoms with E-state index in [4.69, 9.17) is 14.4 Å². The number of hydrogen-bond donors (Lipinski definition) is 2. The number of amides is 1. The predicted molar refractivity (Wildman–Crippen MR) is 135 cm³/mol. The number of benzene rings is 1. The SMILES string of the molecule is Cc1cc(OCCCC2CCN(c3noc(C4CC(C)(C)C4)n3)CC2)ccc1C(=O)NCC(=O)CO. The van der Waals surface area contributed by atoms with Crippen molar-refractivity contribution in [1.82, 2.24) is 15.5 Å². The largest absolute Gasteiger partial charge is 0.494 e. The quantitative estimate of drug-likeness (QED) is 0.451. The van der Waals surface area contributed by atoms with Crippen LogP contribution in [0.25, 0.3) is 0 Å². The summed E-state index contributed by atoms with van der Waals surface area (Å²) in [4.78, 5) is 30.3. The lowest BCUT2D eigenvalue weighted by Gasteiger charge is -2.40. The van der Waals surface area contributed by atoms with E-state index in [0.29, 0.717) is 29.4 Å². The highest BCUT2D eigenvalue weighted by molar-refractivity contribution is 5.98. The predicted octanol–water partition coefficient (Wildman–Crippen LogP) is 3.65. The lowest BCUT2D eigenvalue weighted by molar-refractivity contribution is -0.120. The van der Waals surface area contributed by atoms with E-state index in [1.165, 1.54) is 0 Å². The number of aliphatic hydroxyl groups is 1. The van der Waals surface area contributed by atoms with Crippen LogP contribution in [0, 0.1) is 18.3 Å². The van der Waals surface area contributed by atoms with Crippen LogP contribution < -0.4 is 15.0 Å². The number of aryl methyl sites for hydroxylation is 1. The van der Waals surface area contributed by atoms with Crippen molar-refractivity contribution >= 4 is 17.6 Å². The third-order valence-electron chi connectivity index (χ3n) is 7.37. The molecular formula is C27H38N4O5. The summed E-state index contributed by atoms with van der Waals surface area (Å²) in [6, 6.07) is 5.32. The average molecular weight is 499 g/mol. The molecular weight excluding hydrogens is 460 g/mol. The number of hydrogen-bond acceptors (Lipinski definition) is 8. The Morgan fingerprint density at radius 1 is 1.25 bits per heavy atom. The van der Waals surface area contributed by atoms with Gasteiger partial charge < -0.3 is 24.6 Å². The summed E-state index contributed by atoms with van der Waals surface area (Å²) < 4.78 is 11.5. The monoisotopic (exact) mass is 498 g/mol. The van der Waals surface area contributed by atoms with E-state index >= 15 is 0 Å². The average Bonchev–Trinajstić information content (AvgIpc) is 3.34. The standard InChI is InChI=1S/C27H38N4O5/c1-18-13-22(6-7-23(18)24(34)28-16-21(33)17-32)35-12-4-5-19-8-10-31(11-9-19)26-29-25(36-30-26)20-14-27(2,3)15-20/h6-7,13,19-20,32H,4-5,8-12,14-17H2,1-3H3,(H,28,34). The van der Waals surface area contributed by atoms with Crippen LogP contribution in [0.4, 0.5) is 5.95 Å². The van der Waals surface area contributed by atoms with Gasteiger partial charge in [-0.25, -0.2) is 0 Å². The van der Waals surface area contributed by atoms with Crippen molar-refractivity contribution in [2.75, 3.05) is 37.7 Å². The lowest BCUT2D eigenvalue weighted by atomic mass is 9.64. The van der Waals surface area contributed by atoms with Gasteiger partial charge in [0, 0.05) is 24.6 Å². The molecule has 9 nitrogen and oxygen atoms in total. The van der Waals surface area contributed by atoms with Crippen LogP contribution in [0.15, 0.2) is 22.7 Å². The number of carbonyl (C=O) groups is 2. The number of aromatic nitrogens is 2. The van der Waals surface area contributed by atoms with Crippen molar-refractivity contribution in [3.63, 3.8) is 0 Å². The summed E-state index contributed by atoms with van der Waals surface area (Å²) in [5.74, 6) is 2.58. The minimum Gasteiger partial charge on any atom is -0.494 e. The molecule has 0 atom stereocenters. The highest BCUT2D eigenvalue weighted by Crippen LogP contribution is 2.50. The van der Waals surface area contributed by atoms with E-state index in [1.54, 1.807) is 12.1 Å². The van der Waals surface area contributed by atoms with Crippen molar-refractivity contribution in [1.29, 1.82) is 0 Å². The van der Waals surface area contributed by atoms with E-state index < -0.39 is 12.4 Å². The molecule has 1 aliphatic carbocycles. The molecule has 9 heteroatoms. The Morgan fingerprint density at radius 2 is 2.00 bits per heavy atom. The fourth-order valence-electron chi connectivity index (χ4n) is 5.26. The lowest BCUT2D eigenvalue weighted by Crippen LogP contribution is -2.34.